The zero-order valence-electron chi connectivity index (χ0n) is 25.4. The molecular weight excluding hydrogens is 505 g/mol. The molecule has 1 N–H and O–H groups in total. The van der Waals surface area contributed by atoms with Crippen molar-refractivity contribution in [2.45, 2.75) is 136 Å². The Labute approximate surface area is 234 Å². The van der Waals surface area contributed by atoms with E-state index in [0.717, 1.165) is 34.8 Å². The average molecular weight is 559 g/mol. The topological polar surface area (TPSA) is 55.8 Å². The fourth-order valence-corrected chi connectivity index (χ4v) is 9.22. The largest absolute Gasteiger partial charge is 0.544 e. The molecule has 0 bridgehead atoms. The lowest BCUT2D eigenvalue weighted by molar-refractivity contribution is 0.0694. The number of unbranched alkanes of at least 4 members (excludes halogenated alkanes) is 10. The highest BCUT2D eigenvalue weighted by atomic mass is 28.4. The first-order valence-electron chi connectivity index (χ1n) is 15.2. The van der Waals surface area contributed by atoms with E-state index < -0.39 is 22.6 Å². The molecule has 214 valence electrons. The second-order valence-corrected chi connectivity index (χ2v) is 20.8. The summed E-state index contributed by atoms with van der Waals surface area (Å²) < 4.78 is 13.4. The van der Waals surface area contributed by atoms with E-state index in [1.54, 1.807) is 6.07 Å². The molecule has 0 spiro atoms. The molecule has 2 aromatic carbocycles. The number of hydrogen-bond donors (Lipinski definition) is 1. The smallest absolute Gasteiger partial charge is 0.339 e. The Morgan fingerprint density at radius 3 is 1.79 bits per heavy atom. The third kappa shape index (κ3) is 10.4. The SMILES string of the molecule is CCCCCCCC[Si](C)(C)Oc1c(C(=O)O)cc(O[Si](C)(C)CCCCCCCC)c2c(C)cccc12. The minimum absolute atomic E-state index is 0.228. The van der Waals surface area contributed by atoms with Gasteiger partial charge in [-0.25, -0.2) is 4.79 Å². The van der Waals surface area contributed by atoms with E-state index in [1.165, 1.54) is 70.6 Å². The molecule has 2 aromatic rings. The summed E-state index contributed by atoms with van der Waals surface area (Å²) in [6.45, 7) is 15.5. The Morgan fingerprint density at radius 2 is 1.26 bits per heavy atom. The van der Waals surface area contributed by atoms with E-state index in [0.29, 0.717) is 11.5 Å². The van der Waals surface area contributed by atoms with Crippen molar-refractivity contribution in [2.24, 2.45) is 0 Å². The van der Waals surface area contributed by atoms with Crippen molar-refractivity contribution >= 4 is 33.4 Å². The van der Waals surface area contributed by atoms with Crippen LogP contribution in [-0.4, -0.2) is 27.7 Å². The molecule has 0 aromatic heterocycles. The number of carboxylic acid groups (broad SMARTS) is 1. The van der Waals surface area contributed by atoms with Gasteiger partial charge >= 0.3 is 5.97 Å². The van der Waals surface area contributed by atoms with Crippen LogP contribution < -0.4 is 8.85 Å². The molecule has 0 aliphatic heterocycles. The maximum absolute atomic E-state index is 12.5. The predicted octanol–water partition coefficient (Wildman–Crippen LogP) is 10.7. The number of hydrogen-bond acceptors (Lipinski definition) is 3. The second kappa shape index (κ2) is 15.7. The normalized spacial score (nSPS) is 12.2. The number of carboxylic acids is 1. The zero-order chi connectivity index (χ0) is 28.2. The van der Waals surface area contributed by atoms with Gasteiger partial charge in [-0.2, -0.15) is 0 Å². The third-order valence-corrected chi connectivity index (χ3v) is 12.2. The molecule has 0 saturated heterocycles. The van der Waals surface area contributed by atoms with Crippen LogP contribution in [0.2, 0.25) is 38.3 Å². The van der Waals surface area contributed by atoms with E-state index >= 15 is 0 Å². The molecule has 2 rings (SSSR count). The average Bonchev–Trinajstić information content (AvgIpc) is 2.84. The summed E-state index contributed by atoms with van der Waals surface area (Å²) in [6, 6.07) is 9.95. The van der Waals surface area contributed by atoms with Crippen LogP contribution in [0.5, 0.6) is 11.5 Å². The molecule has 4 nitrogen and oxygen atoms in total. The Hall–Kier alpha value is -1.80. The Balaban J connectivity index is 2.29. The number of carbonyl (C=O) groups is 1. The monoisotopic (exact) mass is 558 g/mol. The van der Waals surface area contributed by atoms with Gasteiger partial charge in [-0.3, -0.25) is 0 Å². The number of rotatable bonds is 19. The number of aromatic carboxylic acids is 1. The van der Waals surface area contributed by atoms with Crippen molar-refractivity contribution in [1.82, 2.24) is 0 Å². The standard InChI is InChI=1S/C32H54O4Si2/c1-8-10-12-14-16-18-23-37(4,5)35-29-25-28(32(33)34)31(27-22-20-21-26(3)30(27)29)36-38(6,7)24-19-17-15-13-11-9-2/h20-22,25H,8-19,23-24H2,1-7H3,(H,33,34). The van der Waals surface area contributed by atoms with Gasteiger partial charge in [0.25, 0.3) is 0 Å². The molecule has 0 atom stereocenters. The first kappa shape index (κ1) is 32.4. The molecule has 0 radical (unpaired) electrons. The second-order valence-electron chi connectivity index (χ2n) is 12.3. The summed E-state index contributed by atoms with van der Waals surface area (Å²) >= 11 is 0. The summed E-state index contributed by atoms with van der Waals surface area (Å²) in [4.78, 5) is 12.5. The molecule has 0 unspecified atom stereocenters. The van der Waals surface area contributed by atoms with Gasteiger partial charge in [-0.15, -0.1) is 0 Å². The first-order valence-corrected chi connectivity index (χ1v) is 21.4. The molecular formula is C32H54O4Si2. The maximum Gasteiger partial charge on any atom is 0.339 e. The fraction of sp³-hybridized carbons (Fsp3) is 0.656. The van der Waals surface area contributed by atoms with Crippen LogP contribution in [0.4, 0.5) is 0 Å². The van der Waals surface area contributed by atoms with Crippen LogP contribution in [-0.2, 0) is 0 Å². The minimum Gasteiger partial charge on any atom is -0.544 e. The maximum atomic E-state index is 12.5. The number of aryl methyl sites for hydroxylation is 1. The fourth-order valence-electron chi connectivity index (χ4n) is 5.29. The Kier molecular flexibility index (Phi) is 13.4. The van der Waals surface area contributed by atoms with Crippen LogP contribution in [0.3, 0.4) is 0 Å². The van der Waals surface area contributed by atoms with Crippen molar-refractivity contribution in [3.63, 3.8) is 0 Å². The van der Waals surface area contributed by atoms with Gasteiger partial charge in [0.2, 0.25) is 16.6 Å². The summed E-state index contributed by atoms with van der Waals surface area (Å²) in [6.07, 6.45) is 15.1. The Morgan fingerprint density at radius 1 is 0.763 bits per heavy atom. The van der Waals surface area contributed by atoms with E-state index in [2.05, 4.69) is 53.0 Å². The highest BCUT2D eigenvalue weighted by molar-refractivity contribution is 6.72. The quantitative estimate of drug-likeness (QED) is 0.138. The minimum atomic E-state index is -2.12. The van der Waals surface area contributed by atoms with Gasteiger partial charge in [0, 0.05) is 10.8 Å². The van der Waals surface area contributed by atoms with Gasteiger partial charge in [0.05, 0.1) is 0 Å². The van der Waals surface area contributed by atoms with Crippen molar-refractivity contribution in [1.29, 1.82) is 0 Å². The molecule has 0 heterocycles. The molecule has 38 heavy (non-hydrogen) atoms. The van der Waals surface area contributed by atoms with Gasteiger partial charge in [-0.05, 0) is 56.8 Å². The molecule has 6 heteroatoms. The van der Waals surface area contributed by atoms with Crippen molar-refractivity contribution in [2.75, 3.05) is 0 Å². The van der Waals surface area contributed by atoms with Crippen LogP contribution in [0.1, 0.15) is 107 Å². The van der Waals surface area contributed by atoms with E-state index in [-0.39, 0.29) is 5.56 Å². The van der Waals surface area contributed by atoms with Crippen LogP contribution in [0.25, 0.3) is 10.8 Å². The summed E-state index contributed by atoms with van der Waals surface area (Å²) in [7, 11) is -4.15. The van der Waals surface area contributed by atoms with Crippen LogP contribution >= 0.6 is 0 Å². The predicted molar refractivity (Wildman–Crippen MR) is 168 cm³/mol. The molecule has 0 aliphatic carbocycles. The third-order valence-electron chi connectivity index (χ3n) is 7.54. The van der Waals surface area contributed by atoms with Gasteiger partial charge in [0.15, 0.2) is 0 Å². The highest BCUT2D eigenvalue weighted by Gasteiger charge is 2.31. The van der Waals surface area contributed by atoms with Crippen LogP contribution in [0.15, 0.2) is 24.3 Å². The van der Waals surface area contributed by atoms with Gasteiger partial charge in [0.1, 0.15) is 17.1 Å². The first-order chi connectivity index (χ1) is 18.0. The van der Waals surface area contributed by atoms with E-state index in [9.17, 15) is 9.90 Å². The summed E-state index contributed by atoms with van der Waals surface area (Å²) in [5.74, 6) is 0.288. The summed E-state index contributed by atoms with van der Waals surface area (Å²) in [5, 5.41) is 12.1. The van der Waals surface area contributed by atoms with Crippen molar-refractivity contribution in [3.8, 4) is 11.5 Å². The summed E-state index contributed by atoms with van der Waals surface area (Å²) in [5.41, 5.74) is 1.32. The zero-order valence-corrected chi connectivity index (χ0v) is 27.4. The lowest BCUT2D eigenvalue weighted by Crippen LogP contribution is -2.35. The lowest BCUT2D eigenvalue weighted by atomic mass is 10.0. The van der Waals surface area contributed by atoms with Gasteiger partial charge < -0.3 is 14.0 Å². The van der Waals surface area contributed by atoms with Crippen molar-refractivity contribution in [3.05, 3.63) is 35.4 Å². The lowest BCUT2D eigenvalue weighted by Gasteiger charge is -2.29. The number of benzene rings is 2. The van der Waals surface area contributed by atoms with Crippen molar-refractivity contribution < 1.29 is 18.8 Å². The van der Waals surface area contributed by atoms with E-state index in [4.69, 9.17) is 8.85 Å². The number of fused-ring (bicyclic) bond motifs is 1. The molecule has 0 saturated carbocycles. The highest BCUT2D eigenvalue weighted by Crippen LogP contribution is 2.41. The molecule has 0 aliphatic rings. The Bertz CT molecular complexity index is 1020. The molecule has 0 fully saturated rings. The van der Waals surface area contributed by atoms with Crippen LogP contribution in [0, 0.1) is 6.92 Å². The van der Waals surface area contributed by atoms with E-state index in [1.807, 2.05) is 12.1 Å². The van der Waals surface area contributed by atoms with Gasteiger partial charge in [-0.1, -0.05) is 109 Å². The molecule has 0 amide bonds.